The SMILES string of the molecule is CC(C)(C)c1ccc2c(c1)c1cc(C(C)(C)C)ccc1n2-c1ccc(-c2ccc(N(c3ccccc3)c3ccc(-c4cc(-c5ccccc5)cc(-c5ccccc5)c4)cc3)c3nsnc23)cc1. The van der Waals surface area contributed by atoms with Gasteiger partial charge in [-0.05, 0) is 152 Å². The van der Waals surface area contributed by atoms with Crippen molar-refractivity contribution in [2.75, 3.05) is 4.90 Å². The van der Waals surface area contributed by atoms with E-state index < -0.39 is 0 Å². The highest BCUT2D eigenvalue weighted by Crippen LogP contribution is 2.43. The molecule has 9 aromatic carbocycles. The summed E-state index contributed by atoms with van der Waals surface area (Å²) in [4.78, 5) is 2.30. The molecule has 0 saturated carbocycles. The third kappa shape index (κ3) is 7.89. The van der Waals surface area contributed by atoms with Crippen LogP contribution in [0.5, 0.6) is 0 Å². The smallest absolute Gasteiger partial charge is 0.129 e. The van der Waals surface area contributed by atoms with Crippen LogP contribution in [0.4, 0.5) is 17.1 Å². The lowest BCUT2D eigenvalue weighted by molar-refractivity contribution is 0.590. The summed E-state index contributed by atoms with van der Waals surface area (Å²) in [6, 6.07) is 75.0. The van der Waals surface area contributed by atoms with Crippen LogP contribution in [-0.2, 0) is 10.8 Å². The Morgan fingerprint density at radius 3 is 1.34 bits per heavy atom. The lowest BCUT2D eigenvalue weighted by atomic mass is 9.85. The first-order valence-corrected chi connectivity index (χ1v) is 23.9. The third-order valence-electron chi connectivity index (χ3n) is 13.2. The number of fused-ring (bicyclic) bond motifs is 4. The largest absolute Gasteiger partial charge is 0.309 e. The van der Waals surface area contributed by atoms with E-state index in [-0.39, 0.29) is 10.8 Å². The van der Waals surface area contributed by atoms with Gasteiger partial charge in [0.1, 0.15) is 11.0 Å². The molecule has 0 bridgehead atoms. The van der Waals surface area contributed by atoms with Crippen molar-refractivity contribution in [1.82, 2.24) is 13.3 Å². The highest BCUT2D eigenvalue weighted by atomic mass is 32.1. The predicted octanol–water partition coefficient (Wildman–Crippen LogP) is 17.5. The van der Waals surface area contributed by atoms with Gasteiger partial charge in [-0.2, -0.15) is 8.75 Å². The lowest BCUT2D eigenvalue weighted by Crippen LogP contribution is -2.10. The topological polar surface area (TPSA) is 34.0 Å². The van der Waals surface area contributed by atoms with Gasteiger partial charge in [0.15, 0.2) is 0 Å². The van der Waals surface area contributed by atoms with E-state index in [0.29, 0.717) is 0 Å². The van der Waals surface area contributed by atoms with Crippen LogP contribution < -0.4 is 4.90 Å². The second-order valence-corrected chi connectivity index (χ2v) is 20.2. The Labute approximate surface area is 397 Å². The molecule has 11 aromatic rings. The summed E-state index contributed by atoms with van der Waals surface area (Å²) in [5, 5.41) is 2.58. The van der Waals surface area contributed by atoms with Gasteiger partial charge in [-0.25, -0.2) is 0 Å². The fourth-order valence-corrected chi connectivity index (χ4v) is 10.1. The number of rotatable bonds is 8. The van der Waals surface area contributed by atoms with Gasteiger partial charge in [-0.1, -0.05) is 157 Å². The maximum atomic E-state index is 4.98. The molecule has 0 fully saturated rings. The second kappa shape index (κ2) is 16.7. The number of anilines is 3. The predicted molar refractivity (Wildman–Crippen MR) is 286 cm³/mol. The van der Waals surface area contributed by atoms with Gasteiger partial charge in [0.25, 0.3) is 0 Å². The van der Waals surface area contributed by atoms with E-state index in [1.54, 1.807) is 0 Å². The van der Waals surface area contributed by atoms with Crippen LogP contribution in [0.15, 0.2) is 206 Å². The molecule has 5 heteroatoms. The highest BCUT2D eigenvalue weighted by Gasteiger charge is 2.23. The van der Waals surface area contributed by atoms with Gasteiger partial charge in [-0.3, -0.25) is 0 Å². The van der Waals surface area contributed by atoms with Crippen LogP contribution in [0.1, 0.15) is 52.7 Å². The fourth-order valence-electron chi connectivity index (χ4n) is 9.49. The summed E-state index contributed by atoms with van der Waals surface area (Å²) in [7, 11) is 0. The van der Waals surface area contributed by atoms with E-state index in [2.05, 4.69) is 257 Å². The Morgan fingerprint density at radius 1 is 0.388 bits per heavy atom. The van der Waals surface area contributed by atoms with Gasteiger partial charge >= 0.3 is 0 Å². The molecular formula is C62H52N4S. The fraction of sp³-hybridized carbons (Fsp3) is 0.129. The molecule has 0 atom stereocenters. The van der Waals surface area contributed by atoms with Gasteiger partial charge in [-0.15, -0.1) is 0 Å². The number of benzene rings is 9. The summed E-state index contributed by atoms with van der Waals surface area (Å²) in [6.07, 6.45) is 0. The van der Waals surface area contributed by atoms with Crippen molar-refractivity contribution in [3.05, 3.63) is 217 Å². The average molecular weight is 885 g/mol. The molecule has 0 saturated heterocycles. The third-order valence-corrected chi connectivity index (χ3v) is 13.7. The van der Waals surface area contributed by atoms with Gasteiger partial charge in [0, 0.05) is 33.4 Å². The second-order valence-electron chi connectivity index (χ2n) is 19.7. The molecular weight excluding hydrogens is 833 g/mol. The maximum Gasteiger partial charge on any atom is 0.129 e. The lowest BCUT2D eigenvalue weighted by Gasteiger charge is -2.26. The molecule has 2 heterocycles. The first kappa shape index (κ1) is 42.1. The van der Waals surface area contributed by atoms with Crippen molar-refractivity contribution < 1.29 is 0 Å². The number of hydrogen-bond donors (Lipinski definition) is 0. The van der Waals surface area contributed by atoms with Crippen molar-refractivity contribution in [3.8, 4) is 50.2 Å². The molecule has 0 spiro atoms. The molecule has 67 heavy (non-hydrogen) atoms. The molecule has 0 amide bonds. The zero-order chi connectivity index (χ0) is 45.9. The van der Waals surface area contributed by atoms with Crippen molar-refractivity contribution in [3.63, 3.8) is 0 Å². The van der Waals surface area contributed by atoms with Crippen molar-refractivity contribution >= 4 is 61.6 Å². The molecule has 0 aliphatic rings. The Morgan fingerprint density at radius 2 is 0.836 bits per heavy atom. The number of nitrogens with zero attached hydrogens (tertiary/aromatic N) is 4. The molecule has 11 rings (SSSR count). The molecule has 0 unspecified atom stereocenters. The normalized spacial score (nSPS) is 12.0. The molecule has 326 valence electrons. The minimum absolute atomic E-state index is 0.0456. The molecule has 4 nitrogen and oxygen atoms in total. The van der Waals surface area contributed by atoms with Crippen molar-refractivity contribution in [2.24, 2.45) is 0 Å². The highest BCUT2D eigenvalue weighted by molar-refractivity contribution is 7.00. The number of para-hydroxylation sites is 1. The quantitative estimate of drug-likeness (QED) is 0.152. The Kier molecular flexibility index (Phi) is 10.5. The molecule has 2 aromatic heterocycles. The zero-order valence-corrected chi connectivity index (χ0v) is 39.6. The minimum Gasteiger partial charge on any atom is -0.309 e. The van der Waals surface area contributed by atoms with Crippen molar-refractivity contribution in [2.45, 2.75) is 52.4 Å². The summed E-state index contributed by atoms with van der Waals surface area (Å²) in [6.45, 7) is 13.7. The first-order valence-electron chi connectivity index (χ1n) is 23.1. The van der Waals surface area contributed by atoms with Crippen molar-refractivity contribution in [1.29, 1.82) is 0 Å². The molecule has 0 aliphatic heterocycles. The van der Waals surface area contributed by atoms with Gasteiger partial charge in [0.05, 0.1) is 28.4 Å². The summed E-state index contributed by atoms with van der Waals surface area (Å²) in [5.74, 6) is 0. The van der Waals surface area contributed by atoms with Gasteiger partial charge in [0.2, 0.25) is 0 Å². The average Bonchev–Trinajstić information content (AvgIpc) is 3.98. The number of hydrogen-bond acceptors (Lipinski definition) is 4. The van der Waals surface area contributed by atoms with Crippen LogP contribution in [-0.4, -0.2) is 13.3 Å². The molecule has 0 aliphatic carbocycles. The Balaban J connectivity index is 0.967. The van der Waals surface area contributed by atoms with E-state index in [0.717, 1.165) is 50.5 Å². The number of aromatic nitrogens is 3. The monoisotopic (exact) mass is 884 g/mol. The van der Waals surface area contributed by atoms with Crippen LogP contribution in [0.3, 0.4) is 0 Å². The van der Waals surface area contributed by atoms with E-state index in [1.807, 2.05) is 0 Å². The van der Waals surface area contributed by atoms with E-state index in [9.17, 15) is 0 Å². The molecule has 0 N–H and O–H groups in total. The standard InChI is InChI=1S/C62H52N4S/c1-61(2,3)48-26-33-56-54(39-48)55-40-49(62(4,5)6)27-34-57(55)66(56)52-30-24-44(25-31-52)53-32-35-58(60-59(53)63-67-64-60)65(50-20-14-9-15-21-50)51-28-22-43(23-29-51)47-37-45(41-16-10-7-11-17-41)36-46(38-47)42-18-12-8-13-19-42/h7-40H,1-6H3. The summed E-state index contributed by atoms with van der Waals surface area (Å²) >= 11 is 1.26. The van der Waals surface area contributed by atoms with E-state index in [4.69, 9.17) is 8.75 Å². The van der Waals surface area contributed by atoms with E-state index in [1.165, 1.54) is 72.5 Å². The summed E-state index contributed by atoms with van der Waals surface area (Å²) < 4.78 is 12.4. The maximum absolute atomic E-state index is 4.98. The Bertz CT molecular complexity index is 3430. The van der Waals surface area contributed by atoms with Crippen LogP contribution >= 0.6 is 11.7 Å². The van der Waals surface area contributed by atoms with E-state index >= 15 is 0 Å². The van der Waals surface area contributed by atoms with Crippen LogP contribution in [0.2, 0.25) is 0 Å². The van der Waals surface area contributed by atoms with Crippen LogP contribution in [0, 0.1) is 0 Å². The summed E-state index contributed by atoms with van der Waals surface area (Å²) in [5.41, 5.74) is 20.4. The Hall–Kier alpha value is -7.60. The molecule has 0 radical (unpaired) electrons. The van der Waals surface area contributed by atoms with Gasteiger partial charge < -0.3 is 9.47 Å². The minimum atomic E-state index is 0.0456. The zero-order valence-electron chi connectivity index (χ0n) is 38.8. The first-order chi connectivity index (χ1) is 32.5. The van der Waals surface area contributed by atoms with Crippen LogP contribution in [0.25, 0.3) is 83.0 Å².